The zero-order valence-electron chi connectivity index (χ0n) is 12.8. The predicted octanol–water partition coefficient (Wildman–Crippen LogP) is 4.01. The summed E-state index contributed by atoms with van der Waals surface area (Å²) in [6.07, 6.45) is 1.56. The third-order valence-corrected chi connectivity index (χ3v) is 4.21. The third kappa shape index (κ3) is 2.84. The maximum Gasteiger partial charge on any atom is 0.0491 e. The number of aryl methyl sites for hydroxylation is 1. The third-order valence-electron chi connectivity index (χ3n) is 4.21. The molecule has 118 valence electrons. The number of para-hydroxylation sites is 1. The van der Waals surface area contributed by atoms with Gasteiger partial charge >= 0.3 is 0 Å². The standard InChI is InChI=1S/C18H22N2O.ClH/c1-2-20-17-8-4-3-6-14(17)15-12-13(9-10-18(15)20)16(19)7-5-11-21;/h3-4,6,8-10,12,16,21H,2,5,7,11,19H2,1H3;1H/t16-;/m1./s1. The Morgan fingerprint density at radius 3 is 2.55 bits per heavy atom. The van der Waals surface area contributed by atoms with Crippen molar-refractivity contribution in [1.82, 2.24) is 4.57 Å². The van der Waals surface area contributed by atoms with Gasteiger partial charge in [-0.1, -0.05) is 24.3 Å². The van der Waals surface area contributed by atoms with Crippen molar-refractivity contribution in [3.63, 3.8) is 0 Å². The van der Waals surface area contributed by atoms with Crippen molar-refractivity contribution in [3.05, 3.63) is 48.0 Å². The highest BCUT2D eigenvalue weighted by Gasteiger charge is 2.12. The molecule has 0 unspecified atom stereocenters. The number of halogens is 1. The average Bonchev–Trinajstić information content (AvgIpc) is 2.85. The van der Waals surface area contributed by atoms with Crippen LogP contribution in [-0.4, -0.2) is 16.3 Å². The van der Waals surface area contributed by atoms with Crippen LogP contribution in [0.15, 0.2) is 42.5 Å². The summed E-state index contributed by atoms with van der Waals surface area (Å²) in [5, 5.41) is 11.5. The largest absolute Gasteiger partial charge is 0.396 e. The van der Waals surface area contributed by atoms with E-state index in [1.807, 2.05) is 0 Å². The van der Waals surface area contributed by atoms with E-state index >= 15 is 0 Å². The van der Waals surface area contributed by atoms with Gasteiger partial charge in [0.05, 0.1) is 0 Å². The summed E-state index contributed by atoms with van der Waals surface area (Å²) in [5.41, 5.74) is 9.92. The van der Waals surface area contributed by atoms with Gasteiger partial charge in [-0.2, -0.15) is 0 Å². The minimum atomic E-state index is -0.00899. The van der Waals surface area contributed by atoms with Crippen molar-refractivity contribution >= 4 is 34.2 Å². The average molecular weight is 319 g/mol. The van der Waals surface area contributed by atoms with Gasteiger partial charge in [0.25, 0.3) is 0 Å². The molecule has 3 rings (SSSR count). The number of fused-ring (bicyclic) bond motifs is 3. The van der Waals surface area contributed by atoms with E-state index in [0.29, 0.717) is 0 Å². The number of aliphatic hydroxyl groups is 1. The Labute approximate surface area is 137 Å². The van der Waals surface area contributed by atoms with Crippen LogP contribution < -0.4 is 5.73 Å². The van der Waals surface area contributed by atoms with Gasteiger partial charge in [0.2, 0.25) is 0 Å². The number of aliphatic hydroxyl groups excluding tert-OH is 1. The van der Waals surface area contributed by atoms with Gasteiger partial charge in [0.1, 0.15) is 0 Å². The van der Waals surface area contributed by atoms with Crippen molar-refractivity contribution in [2.24, 2.45) is 5.73 Å². The Hall–Kier alpha value is -1.55. The van der Waals surface area contributed by atoms with Crippen LogP contribution >= 0.6 is 12.4 Å². The highest BCUT2D eigenvalue weighted by Crippen LogP contribution is 2.31. The number of nitrogens with zero attached hydrogens (tertiary/aromatic N) is 1. The fourth-order valence-corrected chi connectivity index (χ4v) is 3.12. The van der Waals surface area contributed by atoms with Crippen LogP contribution in [0.4, 0.5) is 0 Å². The Morgan fingerprint density at radius 1 is 1.09 bits per heavy atom. The minimum absolute atomic E-state index is 0. The molecule has 4 heteroatoms. The van der Waals surface area contributed by atoms with Gasteiger partial charge in [0, 0.05) is 41.0 Å². The normalized spacial score (nSPS) is 12.5. The number of hydrogen-bond acceptors (Lipinski definition) is 2. The molecular formula is C18H23ClN2O. The molecule has 22 heavy (non-hydrogen) atoms. The van der Waals surface area contributed by atoms with E-state index < -0.39 is 0 Å². The summed E-state index contributed by atoms with van der Waals surface area (Å²) in [4.78, 5) is 0. The van der Waals surface area contributed by atoms with Crippen LogP contribution in [0.3, 0.4) is 0 Å². The molecule has 3 N–H and O–H groups in total. The highest BCUT2D eigenvalue weighted by atomic mass is 35.5. The van der Waals surface area contributed by atoms with Crippen LogP contribution in [0.25, 0.3) is 21.8 Å². The lowest BCUT2D eigenvalue weighted by Gasteiger charge is -2.11. The molecule has 0 bridgehead atoms. The van der Waals surface area contributed by atoms with E-state index in [1.54, 1.807) is 0 Å². The molecule has 1 aromatic heterocycles. The lowest BCUT2D eigenvalue weighted by molar-refractivity contribution is 0.280. The number of nitrogens with two attached hydrogens (primary N) is 1. The van der Waals surface area contributed by atoms with Gasteiger partial charge in [-0.05, 0) is 43.5 Å². The second kappa shape index (κ2) is 7.14. The Kier molecular flexibility index (Phi) is 5.46. The Balaban J connectivity index is 0.00000176. The molecule has 0 aliphatic rings. The number of benzene rings is 2. The first-order valence-corrected chi connectivity index (χ1v) is 7.63. The molecule has 2 aromatic carbocycles. The number of aromatic nitrogens is 1. The van der Waals surface area contributed by atoms with Crippen molar-refractivity contribution in [2.75, 3.05) is 6.61 Å². The molecule has 0 radical (unpaired) electrons. The van der Waals surface area contributed by atoms with E-state index in [0.717, 1.165) is 24.9 Å². The summed E-state index contributed by atoms with van der Waals surface area (Å²) in [7, 11) is 0. The van der Waals surface area contributed by atoms with Crippen LogP contribution in [0, 0.1) is 0 Å². The van der Waals surface area contributed by atoms with Gasteiger partial charge < -0.3 is 15.4 Å². The lowest BCUT2D eigenvalue weighted by Crippen LogP contribution is -2.10. The van der Waals surface area contributed by atoms with Crippen molar-refractivity contribution < 1.29 is 5.11 Å². The molecular weight excluding hydrogens is 296 g/mol. The summed E-state index contributed by atoms with van der Waals surface area (Å²) in [6.45, 7) is 3.33. The summed E-state index contributed by atoms with van der Waals surface area (Å²) in [6, 6.07) is 15.0. The first kappa shape index (κ1) is 16.8. The molecule has 0 aliphatic heterocycles. The minimum Gasteiger partial charge on any atom is -0.396 e. The van der Waals surface area contributed by atoms with Gasteiger partial charge in [0.15, 0.2) is 0 Å². The fourth-order valence-electron chi connectivity index (χ4n) is 3.12. The fraction of sp³-hybridized carbons (Fsp3) is 0.333. The zero-order chi connectivity index (χ0) is 14.8. The first-order chi connectivity index (χ1) is 10.3. The van der Waals surface area contributed by atoms with Crippen LogP contribution in [0.1, 0.15) is 31.4 Å². The van der Waals surface area contributed by atoms with E-state index in [4.69, 9.17) is 10.8 Å². The summed E-state index contributed by atoms with van der Waals surface area (Å²) in [5.74, 6) is 0. The second-order valence-electron chi connectivity index (χ2n) is 5.51. The van der Waals surface area contributed by atoms with Crippen LogP contribution in [0.5, 0.6) is 0 Å². The SMILES string of the molecule is CCn1c2ccccc2c2cc([C@H](N)CCCO)ccc21.Cl. The van der Waals surface area contributed by atoms with Gasteiger partial charge in [-0.3, -0.25) is 0 Å². The molecule has 0 saturated carbocycles. The van der Waals surface area contributed by atoms with Crippen LogP contribution in [0.2, 0.25) is 0 Å². The summed E-state index contributed by atoms with van der Waals surface area (Å²) < 4.78 is 2.34. The molecule has 0 aliphatic carbocycles. The maximum atomic E-state index is 8.95. The Bertz CT molecular complexity index is 766. The molecule has 0 amide bonds. The van der Waals surface area contributed by atoms with Crippen LogP contribution in [-0.2, 0) is 6.54 Å². The molecule has 1 atom stereocenters. The maximum absolute atomic E-state index is 8.95. The van der Waals surface area contributed by atoms with E-state index in [9.17, 15) is 0 Å². The topological polar surface area (TPSA) is 51.2 Å². The van der Waals surface area contributed by atoms with Gasteiger partial charge in [-0.25, -0.2) is 0 Å². The molecule has 1 heterocycles. The molecule has 0 saturated heterocycles. The lowest BCUT2D eigenvalue weighted by atomic mass is 10.0. The smallest absolute Gasteiger partial charge is 0.0491 e. The van der Waals surface area contributed by atoms with Crippen molar-refractivity contribution in [2.45, 2.75) is 32.4 Å². The molecule has 3 nitrogen and oxygen atoms in total. The number of rotatable bonds is 5. The quantitative estimate of drug-likeness (QED) is 0.747. The van der Waals surface area contributed by atoms with E-state index in [1.165, 1.54) is 21.8 Å². The number of hydrogen-bond donors (Lipinski definition) is 2. The van der Waals surface area contributed by atoms with Gasteiger partial charge in [-0.15, -0.1) is 12.4 Å². The summed E-state index contributed by atoms with van der Waals surface area (Å²) >= 11 is 0. The highest BCUT2D eigenvalue weighted by molar-refractivity contribution is 6.08. The predicted molar refractivity (Wildman–Crippen MR) is 95.6 cm³/mol. The second-order valence-corrected chi connectivity index (χ2v) is 5.51. The molecule has 3 aromatic rings. The Morgan fingerprint density at radius 2 is 1.82 bits per heavy atom. The monoisotopic (exact) mass is 318 g/mol. The van der Waals surface area contributed by atoms with E-state index in [2.05, 4.69) is 54.0 Å². The van der Waals surface area contributed by atoms with Crippen molar-refractivity contribution in [1.29, 1.82) is 0 Å². The molecule has 0 spiro atoms. The first-order valence-electron chi connectivity index (χ1n) is 7.63. The molecule has 0 fully saturated rings. The zero-order valence-corrected chi connectivity index (χ0v) is 13.6. The van der Waals surface area contributed by atoms with E-state index in [-0.39, 0.29) is 25.1 Å². The van der Waals surface area contributed by atoms with Crippen molar-refractivity contribution in [3.8, 4) is 0 Å².